The molecule has 0 aromatic carbocycles. The maximum Gasteiger partial charge on any atom is 0.236 e. The van der Waals surface area contributed by atoms with Crippen molar-refractivity contribution in [2.75, 3.05) is 5.32 Å². The summed E-state index contributed by atoms with van der Waals surface area (Å²) in [6.07, 6.45) is 1.51. The molecule has 1 aromatic rings. The number of carbonyl (C=O) groups excluding carboxylic acids is 1. The number of hydrogen-bond donors (Lipinski definition) is 2. The summed E-state index contributed by atoms with van der Waals surface area (Å²) >= 11 is 6.10. The van der Waals surface area contributed by atoms with E-state index in [-0.39, 0.29) is 10.9 Å². The molecular weight excluding hydrogens is 232 g/mol. The minimum atomic E-state index is -0.422. The minimum Gasteiger partial charge on any atom is -0.393 e. The van der Waals surface area contributed by atoms with Crippen molar-refractivity contribution in [1.29, 1.82) is 0 Å². The highest BCUT2D eigenvalue weighted by Crippen LogP contribution is 2.13. The molecule has 0 spiro atoms. The van der Waals surface area contributed by atoms with E-state index in [0.29, 0.717) is 11.6 Å². The Morgan fingerprint density at radius 2 is 2.53 bits per heavy atom. The first-order valence-corrected chi connectivity index (χ1v) is 5.80. The van der Waals surface area contributed by atoms with E-state index in [9.17, 15) is 4.79 Å². The summed E-state index contributed by atoms with van der Waals surface area (Å²) in [6, 6.07) is 0. The molecule has 3 N–H and O–H groups in total. The molecular formula is C8H12N4OS2. The Bertz CT molecular complexity index is 338. The van der Waals surface area contributed by atoms with Gasteiger partial charge in [-0.1, -0.05) is 36.9 Å². The summed E-state index contributed by atoms with van der Waals surface area (Å²) in [7, 11) is 0. The number of rotatable bonds is 5. The van der Waals surface area contributed by atoms with E-state index in [1.54, 1.807) is 5.51 Å². The van der Waals surface area contributed by atoms with Crippen LogP contribution < -0.4 is 11.1 Å². The monoisotopic (exact) mass is 244 g/mol. The first-order valence-electron chi connectivity index (χ1n) is 4.51. The molecule has 0 bridgehead atoms. The van der Waals surface area contributed by atoms with Gasteiger partial charge in [-0.25, -0.2) is 0 Å². The molecule has 0 aliphatic heterocycles. The number of hydrogen-bond acceptors (Lipinski definition) is 5. The van der Waals surface area contributed by atoms with Crippen molar-refractivity contribution in [3.63, 3.8) is 0 Å². The molecule has 15 heavy (non-hydrogen) atoms. The maximum absolute atomic E-state index is 11.7. The van der Waals surface area contributed by atoms with Crippen LogP contribution in [0.1, 0.15) is 19.8 Å². The number of nitrogens with one attached hydrogen (secondary N) is 1. The Balaban J connectivity index is 2.60. The van der Waals surface area contributed by atoms with Gasteiger partial charge in [0.05, 0.1) is 10.9 Å². The predicted octanol–water partition coefficient (Wildman–Crippen LogP) is 1.18. The lowest BCUT2D eigenvalue weighted by Gasteiger charge is -2.12. The van der Waals surface area contributed by atoms with Gasteiger partial charge in [0, 0.05) is 0 Å². The second kappa shape index (κ2) is 5.72. The van der Waals surface area contributed by atoms with E-state index < -0.39 is 5.92 Å². The van der Waals surface area contributed by atoms with E-state index in [0.717, 1.165) is 6.42 Å². The molecule has 7 heteroatoms. The molecule has 0 aliphatic carbocycles. The first-order chi connectivity index (χ1) is 7.15. The van der Waals surface area contributed by atoms with Crippen LogP contribution in [0.3, 0.4) is 0 Å². The smallest absolute Gasteiger partial charge is 0.236 e. The van der Waals surface area contributed by atoms with Gasteiger partial charge in [0.1, 0.15) is 5.51 Å². The third-order valence-electron chi connectivity index (χ3n) is 1.83. The van der Waals surface area contributed by atoms with E-state index in [2.05, 4.69) is 15.5 Å². The van der Waals surface area contributed by atoms with Gasteiger partial charge in [0.2, 0.25) is 11.0 Å². The molecule has 0 aliphatic rings. The van der Waals surface area contributed by atoms with Crippen LogP contribution >= 0.6 is 23.6 Å². The van der Waals surface area contributed by atoms with Gasteiger partial charge < -0.3 is 5.73 Å². The van der Waals surface area contributed by atoms with Crippen LogP contribution in [0.4, 0.5) is 5.13 Å². The number of aromatic nitrogens is 2. The zero-order chi connectivity index (χ0) is 11.3. The van der Waals surface area contributed by atoms with Crippen LogP contribution in [-0.4, -0.2) is 21.1 Å². The zero-order valence-electron chi connectivity index (χ0n) is 8.27. The highest BCUT2D eigenvalue weighted by molar-refractivity contribution is 7.80. The van der Waals surface area contributed by atoms with Gasteiger partial charge in [-0.05, 0) is 6.42 Å². The molecule has 1 rings (SSSR count). The average molecular weight is 244 g/mol. The Morgan fingerprint density at radius 3 is 3.00 bits per heavy atom. The lowest BCUT2D eigenvalue weighted by atomic mass is 10.0. The summed E-state index contributed by atoms with van der Waals surface area (Å²) in [5.41, 5.74) is 7.04. The van der Waals surface area contributed by atoms with Crippen LogP contribution in [0.15, 0.2) is 5.51 Å². The standard InChI is InChI=1S/C8H12N4OS2/c1-2-3-5(6(9)14)7(13)11-8-12-10-4-15-8/h4-5H,2-3H2,1H3,(H2,9,14)(H,11,12,13). The fourth-order valence-electron chi connectivity index (χ4n) is 1.11. The van der Waals surface area contributed by atoms with Crippen LogP contribution in [0, 0.1) is 5.92 Å². The maximum atomic E-state index is 11.7. The summed E-state index contributed by atoms with van der Waals surface area (Å²) in [4.78, 5) is 11.9. The molecule has 0 radical (unpaired) electrons. The van der Waals surface area contributed by atoms with E-state index in [1.807, 2.05) is 6.92 Å². The summed E-state index contributed by atoms with van der Waals surface area (Å²) in [5.74, 6) is -0.630. The average Bonchev–Trinajstić information content (AvgIpc) is 2.65. The van der Waals surface area contributed by atoms with Crippen molar-refractivity contribution in [2.24, 2.45) is 11.7 Å². The van der Waals surface area contributed by atoms with Crippen molar-refractivity contribution >= 4 is 39.6 Å². The van der Waals surface area contributed by atoms with Crippen LogP contribution in [0.5, 0.6) is 0 Å². The number of amides is 1. The Kier molecular flexibility index (Phi) is 4.57. The van der Waals surface area contributed by atoms with Crippen LogP contribution in [0.25, 0.3) is 0 Å². The molecule has 1 unspecified atom stereocenters. The third-order valence-corrected chi connectivity index (χ3v) is 2.72. The third kappa shape index (κ3) is 3.52. The number of thiocarbonyl (C=S) groups is 1. The van der Waals surface area contributed by atoms with Crippen molar-refractivity contribution < 1.29 is 4.79 Å². The Hall–Kier alpha value is -1.08. The van der Waals surface area contributed by atoms with Gasteiger partial charge in [-0.2, -0.15) is 0 Å². The summed E-state index contributed by atoms with van der Waals surface area (Å²) in [5, 5.41) is 10.4. The Labute approximate surface area is 97.1 Å². The molecule has 82 valence electrons. The molecule has 1 heterocycles. The normalized spacial score (nSPS) is 12.1. The van der Waals surface area contributed by atoms with Gasteiger partial charge >= 0.3 is 0 Å². The quantitative estimate of drug-likeness (QED) is 0.760. The van der Waals surface area contributed by atoms with Crippen molar-refractivity contribution in [2.45, 2.75) is 19.8 Å². The van der Waals surface area contributed by atoms with E-state index >= 15 is 0 Å². The number of carbonyl (C=O) groups is 1. The molecule has 1 amide bonds. The fourth-order valence-corrected chi connectivity index (χ4v) is 1.78. The second-order valence-electron chi connectivity index (χ2n) is 2.98. The fraction of sp³-hybridized carbons (Fsp3) is 0.500. The summed E-state index contributed by atoms with van der Waals surface area (Å²) < 4.78 is 0. The van der Waals surface area contributed by atoms with E-state index in [1.165, 1.54) is 11.3 Å². The van der Waals surface area contributed by atoms with Gasteiger partial charge in [-0.15, -0.1) is 10.2 Å². The Morgan fingerprint density at radius 1 is 1.80 bits per heavy atom. The van der Waals surface area contributed by atoms with Gasteiger partial charge in [0.25, 0.3) is 0 Å². The van der Waals surface area contributed by atoms with Crippen molar-refractivity contribution in [3.8, 4) is 0 Å². The second-order valence-corrected chi connectivity index (χ2v) is 4.28. The topological polar surface area (TPSA) is 80.9 Å². The predicted molar refractivity (Wildman–Crippen MR) is 63.7 cm³/mol. The first kappa shape index (κ1) is 12.0. The lowest BCUT2D eigenvalue weighted by Crippen LogP contribution is -2.33. The highest BCUT2D eigenvalue weighted by Gasteiger charge is 2.21. The van der Waals surface area contributed by atoms with Crippen molar-refractivity contribution in [3.05, 3.63) is 5.51 Å². The molecule has 0 saturated heterocycles. The number of anilines is 1. The van der Waals surface area contributed by atoms with Crippen LogP contribution in [0.2, 0.25) is 0 Å². The molecule has 0 fully saturated rings. The van der Waals surface area contributed by atoms with Gasteiger partial charge in [0.15, 0.2) is 0 Å². The van der Waals surface area contributed by atoms with Crippen LogP contribution in [-0.2, 0) is 4.79 Å². The lowest BCUT2D eigenvalue weighted by molar-refractivity contribution is -0.118. The van der Waals surface area contributed by atoms with Crippen molar-refractivity contribution in [1.82, 2.24) is 10.2 Å². The number of nitrogens with zero attached hydrogens (tertiary/aromatic N) is 2. The SMILES string of the molecule is CCCC(C(=O)Nc1nncs1)C(N)=S. The molecule has 0 saturated carbocycles. The summed E-state index contributed by atoms with van der Waals surface area (Å²) in [6.45, 7) is 1.98. The zero-order valence-corrected chi connectivity index (χ0v) is 9.90. The number of nitrogens with two attached hydrogens (primary N) is 1. The molecule has 1 aromatic heterocycles. The largest absolute Gasteiger partial charge is 0.393 e. The van der Waals surface area contributed by atoms with E-state index in [4.69, 9.17) is 18.0 Å². The molecule has 5 nitrogen and oxygen atoms in total. The highest BCUT2D eigenvalue weighted by atomic mass is 32.1. The molecule has 1 atom stereocenters. The van der Waals surface area contributed by atoms with Gasteiger partial charge in [-0.3, -0.25) is 10.1 Å². The minimum absolute atomic E-state index is 0.207.